The average molecular weight is 234 g/mol. The van der Waals surface area contributed by atoms with Crippen LogP contribution >= 0.6 is 0 Å². The molecule has 0 aliphatic heterocycles. The van der Waals surface area contributed by atoms with E-state index in [4.69, 9.17) is 5.11 Å². The molecule has 0 aromatic rings. The zero-order chi connectivity index (χ0) is 12.0. The summed E-state index contributed by atoms with van der Waals surface area (Å²) in [5, 5.41) is 8.90. The Kier molecular flexibility index (Phi) is 2.76. The van der Waals surface area contributed by atoms with Crippen molar-refractivity contribution in [2.24, 2.45) is 29.6 Å². The van der Waals surface area contributed by atoms with Gasteiger partial charge in [-0.05, 0) is 75.0 Å². The van der Waals surface area contributed by atoms with Gasteiger partial charge in [-0.25, -0.2) is 4.79 Å². The normalized spacial score (nSPS) is 44.1. The van der Waals surface area contributed by atoms with E-state index in [2.05, 4.69) is 0 Å². The standard InChI is InChI=1S/C15H22O2/c1-9(15(16)17)2-3-14-12-5-10-4-11(7-12)8-13(14)6-10/h2,10-14H,3-8H2,1H3,(H,16,17). The van der Waals surface area contributed by atoms with Crippen LogP contribution in [0.3, 0.4) is 0 Å². The second kappa shape index (κ2) is 4.15. The van der Waals surface area contributed by atoms with E-state index in [1.165, 1.54) is 32.1 Å². The third-order valence-electron chi connectivity index (χ3n) is 5.46. The largest absolute Gasteiger partial charge is 0.478 e. The van der Waals surface area contributed by atoms with E-state index < -0.39 is 5.97 Å². The number of carboxylic acids is 1. The number of carbonyl (C=O) groups is 1. The van der Waals surface area contributed by atoms with Crippen LogP contribution in [0.4, 0.5) is 0 Å². The molecule has 0 aromatic heterocycles. The Morgan fingerprint density at radius 3 is 2.12 bits per heavy atom. The third kappa shape index (κ3) is 2.02. The SMILES string of the molecule is CC(=CCC1C2CC3CC(C2)CC1C3)C(=O)O. The Hall–Kier alpha value is -0.790. The van der Waals surface area contributed by atoms with Gasteiger partial charge in [0, 0.05) is 5.57 Å². The number of carboxylic acid groups (broad SMARTS) is 1. The molecule has 2 heteroatoms. The molecule has 17 heavy (non-hydrogen) atoms. The second-order valence-corrected chi connectivity index (χ2v) is 6.52. The lowest BCUT2D eigenvalue weighted by Crippen LogP contribution is -2.44. The van der Waals surface area contributed by atoms with Gasteiger partial charge in [0.15, 0.2) is 0 Å². The summed E-state index contributed by atoms with van der Waals surface area (Å²) in [7, 11) is 0. The number of rotatable bonds is 3. The Bertz CT molecular complexity index is 328. The Labute approximate surface area is 103 Å². The maximum Gasteiger partial charge on any atom is 0.330 e. The van der Waals surface area contributed by atoms with Gasteiger partial charge in [0.2, 0.25) is 0 Å². The maximum absolute atomic E-state index is 10.8. The van der Waals surface area contributed by atoms with Crippen molar-refractivity contribution in [2.75, 3.05) is 0 Å². The summed E-state index contributed by atoms with van der Waals surface area (Å²) in [5.74, 6) is 3.87. The average Bonchev–Trinajstić information content (AvgIpc) is 2.26. The lowest BCUT2D eigenvalue weighted by Gasteiger charge is -2.54. The number of aliphatic carboxylic acids is 1. The molecular formula is C15H22O2. The summed E-state index contributed by atoms with van der Waals surface area (Å²) in [4.78, 5) is 10.8. The Balaban J connectivity index is 1.68. The fourth-order valence-electron chi connectivity index (χ4n) is 4.82. The smallest absolute Gasteiger partial charge is 0.330 e. The molecule has 0 aromatic carbocycles. The predicted molar refractivity (Wildman–Crippen MR) is 66.5 cm³/mol. The van der Waals surface area contributed by atoms with Gasteiger partial charge in [0.1, 0.15) is 0 Å². The van der Waals surface area contributed by atoms with Crippen molar-refractivity contribution in [2.45, 2.75) is 45.4 Å². The summed E-state index contributed by atoms with van der Waals surface area (Å²) in [5.41, 5.74) is 0.527. The van der Waals surface area contributed by atoms with E-state index in [0.717, 1.165) is 36.0 Å². The van der Waals surface area contributed by atoms with E-state index in [1.54, 1.807) is 6.92 Å². The van der Waals surface area contributed by atoms with Crippen molar-refractivity contribution in [1.82, 2.24) is 0 Å². The molecule has 4 fully saturated rings. The topological polar surface area (TPSA) is 37.3 Å². The first kappa shape index (κ1) is 11.3. The number of allylic oxidation sites excluding steroid dienone is 1. The number of hydrogen-bond donors (Lipinski definition) is 1. The van der Waals surface area contributed by atoms with Crippen LogP contribution in [0.25, 0.3) is 0 Å². The molecule has 1 N–H and O–H groups in total. The van der Waals surface area contributed by atoms with E-state index >= 15 is 0 Å². The van der Waals surface area contributed by atoms with E-state index in [1.807, 2.05) is 6.08 Å². The zero-order valence-corrected chi connectivity index (χ0v) is 10.6. The fourth-order valence-corrected chi connectivity index (χ4v) is 4.82. The molecule has 4 rings (SSSR count). The van der Waals surface area contributed by atoms with Gasteiger partial charge in [-0.3, -0.25) is 0 Å². The number of hydrogen-bond acceptors (Lipinski definition) is 1. The molecule has 0 atom stereocenters. The van der Waals surface area contributed by atoms with E-state index in [0.29, 0.717) is 5.57 Å². The van der Waals surface area contributed by atoms with Crippen LogP contribution in [0.2, 0.25) is 0 Å². The zero-order valence-electron chi connectivity index (χ0n) is 10.6. The highest BCUT2D eigenvalue weighted by molar-refractivity contribution is 5.85. The summed E-state index contributed by atoms with van der Waals surface area (Å²) in [6.45, 7) is 1.72. The van der Waals surface area contributed by atoms with Crippen molar-refractivity contribution in [3.63, 3.8) is 0 Å². The lowest BCUT2D eigenvalue weighted by atomic mass is 9.51. The molecule has 4 bridgehead atoms. The van der Waals surface area contributed by atoms with Crippen molar-refractivity contribution < 1.29 is 9.90 Å². The molecule has 94 valence electrons. The molecule has 0 radical (unpaired) electrons. The minimum atomic E-state index is -0.756. The highest BCUT2D eigenvalue weighted by atomic mass is 16.4. The molecule has 2 nitrogen and oxygen atoms in total. The van der Waals surface area contributed by atoms with Crippen molar-refractivity contribution >= 4 is 5.97 Å². The first-order chi connectivity index (χ1) is 8.13. The Morgan fingerprint density at radius 1 is 1.12 bits per heavy atom. The molecule has 4 saturated carbocycles. The van der Waals surface area contributed by atoms with Crippen LogP contribution in [0.1, 0.15) is 45.4 Å². The molecule has 4 aliphatic rings. The third-order valence-corrected chi connectivity index (χ3v) is 5.46. The van der Waals surface area contributed by atoms with Crippen molar-refractivity contribution in [3.05, 3.63) is 11.6 Å². The van der Waals surface area contributed by atoms with Gasteiger partial charge < -0.3 is 5.11 Å². The molecule has 0 heterocycles. The van der Waals surface area contributed by atoms with Gasteiger partial charge in [-0.15, -0.1) is 0 Å². The predicted octanol–water partition coefficient (Wildman–Crippen LogP) is 3.48. The summed E-state index contributed by atoms with van der Waals surface area (Å²) >= 11 is 0. The van der Waals surface area contributed by atoms with E-state index in [9.17, 15) is 4.79 Å². The van der Waals surface area contributed by atoms with Crippen LogP contribution < -0.4 is 0 Å². The highest BCUT2D eigenvalue weighted by Crippen LogP contribution is 2.57. The minimum absolute atomic E-state index is 0.527. The molecule has 0 saturated heterocycles. The quantitative estimate of drug-likeness (QED) is 0.759. The van der Waals surface area contributed by atoms with Crippen LogP contribution in [0.5, 0.6) is 0 Å². The van der Waals surface area contributed by atoms with Crippen molar-refractivity contribution in [3.8, 4) is 0 Å². The van der Waals surface area contributed by atoms with Gasteiger partial charge in [0.05, 0.1) is 0 Å². The second-order valence-electron chi connectivity index (χ2n) is 6.52. The lowest BCUT2D eigenvalue weighted by molar-refractivity contribution is -0.132. The highest BCUT2D eigenvalue weighted by Gasteiger charge is 2.47. The summed E-state index contributed by atoms with van der Waals surface area (Å²) in [6.07, 6.45) is 10.2. The van der Waals surface area contributed by atoms with Crippen molar-refractivity contribution in [1.29, 1.82) is 0 Å². The molecule has 0 spiro atoms. The van der Waals surface area contributed by atoms with Gasteiger partial charge in [-0.1, -0.05) is 6.08 Å². The molecule has 0 unspecified atom stereocenters. The van der Waals surface area contributed by atoms with Crippen LogP contribution in [0.15, 0.2) is 11.6 Å². The molecule has 0 amide bonds. The maximum atomic E-state index is 10.8. The summed E-state index contributed by atoms with van der Waals surface area (Å²) in [6, 6.07) is 0. The minimum Gasteiger partial charge on any atom is -0.478 e. The molecular weight excluding hydrogens is 212 g/mol. The van der Waals surface area contributed by atoms with Gasteiger partial charge >= 0.3 is 5.97 Å². The Morgan fingerprint density at radius 2 is 1.65 bits per heavy atom. The monoisotopic (exact) mass is 234 g/mol. The first-order valence-corrected chi connectivity index (χ1v) is 7.03. The fraction of sp³-hybridized carbons (Fsp3) is 0.800. The molecule has 4 aliphatic carbocycles. The first-order valence-electron chi connectivity index (χ1n) is 7.03. The van der Waals surface area contributed by atoms with Crippen LogP contribution in [0, 0.1) is 29.6 Å². The van der Waals surface area contributed by atoms with Gasteiger partial charge in [0.25, 0.3) is 0 Å². The summed E-state index contributed by atoms with van der Waals surface area (Å²) < 4.78 is 0. The van der Waals surface area contributed by atoms with E-state index in [-0.39, 0.29) is 0 Å². The van der Waals surface area contributed by atoms with Crippen LogP contribution in [-0.2, 0) is 4.79 Å². The van der Waals surface area contributed by atoms with Crippen LogP contribution in [-0.4, -0.2) is 11.1 Å². The van der Waals surface area contributed by atoms with Gasteiger partial charge in [-0.2, -0.15) is 0 Å².